The van der Waals surface area contributed by atoms with Crippen LogP contribution in [-0.2, 0) is 32.1 Å². The maximum absolute atomic E-state index is 13.2. The molecule has 192 valence electrons. The zero-order valence-corrected chi connectivity index (χ0v) is 21.1. The fraction of sp³-hybridized carbons (Fsp3) is 0.393. The van der Waals surface area contributed by atoms with E-state index in [2.05, 4.69) is 41.2 Å². The number of rotatable bonds is 7. The predicted octanol–water partition coefficient (Wildman–Crippen LogP) is 3.58. The van der Waals surface area contributed by atoms with Crippen molar-refractivity contribution in [3.05, 3.63) is 94.3 Å². The molecule has 9 nitrogen and oxygen atoms in total. The smallest absolute Gasteiger partial charge is 0.281 e. The van der Waals surface area contributed by atoms with Gasteiger partial charge < -0.3 is 18.9 Å². The van der Waals surface area contributed by atoms with Gasteiger partial charge in [0.2, 0.25) is 0 Å². The Morgan fingerprint density at radius 3 is 2.49 bits per heavy atom. The van der Waals surface area contributed by atoms with Crippen LogP contribution in [-0.4, -0.2) is 49.8 Å². The molecule has 0 unspecified atom stereocenters. The van der Waals surface area contributed by atoms with E-state index >= 15 is 0 Å². The summed E-state index contributed by atoms with van der Waals surface area (Å²) in [5.41, 5.74) is 3.85. The van der Waals surface area contributed by atoms with E-state index in [0.29, 0.717) is 25.4 Å². The lowest BCUT2D eigenvalue weighted by molar-refractivity contribution is -0.202. The molecule has 4 aromatic rings. The first-order valence-corrected chi connectivity index (χ1v) is 12.5. The van der Waals surface area contributed by atoms with Gasteiger partial charge in [-0.2, -0.15) is 0 Å². The number of ether oxygens (including phenoxy) is 4. The topological polar surface area (TPSA) is 89.6 Å². The monoisotopic (exact) mass is 502 g/mol. The SMILES string of the molecule is Cc1ccc(COC[C@H]2O[C@@H](n3cnc4c(=O)n(Cc5ccccc5)cnc43)[C@@H]3OC(C)(C)O[C@@H]32)cc1. The highest BCUT2D eigenvalue weighted by Crippen LogP contribution is 2.43. The van der Waals surface area contributed by atoms with Crippen LogP contribution in [0.4, 0.5) is 0 Å². The minimum absolute atomic E-state index is 0.205. The summed E-state index contributed by atoms with van der Waals surface area (Å²) >= 11 is 0. The normalized spacial score (nSPS) is 24.5. The van der Waals surface area contributed by atoms with Crippen molar-refractivity contribution in [1.29, 1.82) is 0 Å². The standard InChI is InChI=1S/C28H30N4O5/c1-18-9-11-20(12-10-18)14-34-15-21-23-24(37-28(2,3)36-23)27(35-21)32-17-29-22-25(32)30-16-31(26(22)33)13-19-7-5-4-6-8-19/h4-12,16-17,21,23-24,27H,13-15H2,1-3H3/t21-,23-,24-,27-/m1/s1. The number of nitrogens with zero attached hydrogens (tertiary/aromatic N) is 4. The van der Waals surface area contributed by atoms with Crippen molar-refractivity contribution in [3.63, 3.8) is 0 Å². The Balaban J connectivity index is 1.23. The Hall–Kier alpha value is -3.37. The van der Waals surface area contributed by atoms with E-state index in [-0.39, 0.29) is 23.3 Å². The maximum atomic E-state index is 13.2. The average Bonchev–Trinajstić information content (AvgIpc) is 3.54. The third-order valence-corrected chi connectivity index (χ3v) is 6.82. The van der Waals surface area contributed by atoms with E-state index in [1.165, 1.54) is 5.56 Å². The molecular formula is C28H30N4O5. The fourth-order valence-electron chi connectivity index (χ4n) is 5.02. The van der Waals surface area contributed by atoms with E-state index in [1.54, 1.807) is 21.8 Å². The van der Waals surface area contributed by atoms with Crippen LogP contribution in [0.25, 0.3) is 11.2 Å². The molecule has 0 bridgehead atoms. The van der Waals surface area contributed by atoms with Crippen LogP contribution in [0.5, 0.6) is 0 Å². The van der Waals surface area contributed by atoms with Gasteiger partial charge in [0.05, 0.1) is 26.1 Å². The first-order chi connectivity index (χ1) is 17.9. The summed E-state index contributed by atoms with van der Waals surface area (Å²) in [4.78, 5) is 22.2. The van der Waals surface area contributed by atoms with Crippen molar-refractivity contribution in [2.75, 3.05) is 6.61 Å². The van der Waals surface area contributed by atoms with Crippen molar-refractivity contribution in [2.45, 2.75) is 64.2 Å². The minimum Gasteiger partial charge on any atom is -0.374 e. The van der Waals surface area contributed by atoms with Crippen LogP contribution in [0.1, 0.15) is 36.8 Å². The number of hydrogen-bond donors (Lipinski definition) is 0. The van der Waals surface area contributed by atoms with E-state index in [0.717, 1.165) is 11.1 Å². The van der Waals surface area contributed by atoms with Gasteiger partial charge in [0.25, 0.3) is 5.56 Å². The molecule has 37 heavy (non-hydrogen) atoms. The second-order valence-electron chi connectivity index (χ2n) is 10.1. The van der Waals surface area contributed by atoms with E-state index < -0.39 is 18.1 Å². The number of benzene rings is 2. The minimum atomic E-state index is -0.765. The summed E-state index contributed by atoms with van der Waals surface area (Å²) in [7, 11) is 0. The van der Waals surface area contributed by atoms with Crippen molar-refractivity contribution >= 4 is 11.2 Å². The molecule has 0 saturated carbocycles. The number of hydrogen-bond acceptors (Lipinski definition) is 7. The number of aryl methyl sites for hydroxylation is 1. The summed E-state index contributed by atoms with van der Waals surface area (Å²) in [6.45, 7) is 7.07. The van der Waals surface area contributed by atoms with Crippen molar-refractivity contribution in [2.24, 2.45) is 0 Å². The van der Waals surface area contributed by atoms with Gasteiger partial charge in [0.15, 0.2) is 23.2 Å². The molecule has 2 aliphatic rings. The lowest BCUT2D eigenvalue weighted by Gasteiger charge is -2.24. The molecular weight excluding hydrogens is 472 g/mol. The lowest BCUT2D eigenvalue weighted by Crippen LogP contribution is -2.32. The van der Waals surface area contributed by atoms with Gasteiger partial charge >= 0.3 is 0 Å². The summed E-state index contributed by atoms with van der Waals surface area (Å²) in [5, 5.41) is 0. The van der Waals surface area contributed by atoms with Crippen molar-refractivity contribution < 1.29 is 18.9 Å². The van der Waals surface area contributed by atoms with Gasteiger partial charge in [-0.3, -0.25) is 13.9 Å². The molecule has 4 heterocycles. The Labute approximate surface area is 214 Å². The molecule has 0 radical (unpaired) electrons. The lowest BCUT2D eigenvalue weighted by atomic mass is 10.1. The van der Waals surface area contributed by atoms with E-state index in [1.807, 2.05) is 44.2 Å². The van der Waals surface area contributed by atoms with Gasteiger partial charge in [0, 0.05) is 0 Å². The Morgan fingerprint density at radius 2 is 1.70 bits per heavy atom. The zero-order chi connectivity index (χ0) is 25.6. The van der Waals surface area contributed by atoms with Crippen LogP contribution < -0.4 is 5.56 Å². The van der Waals surface area contributed by atoms with Gasteiger partial charge in [-0.1, -0.05) is 60.2 Å². The van der Waals surface area contributed by atoms with Crippen LogP contribution in [0.3, 0.4) is 0 Å². The molecule has 2 aromatic heterocycles. The Bertz CT molecular complexity index is 1450. The summed E-state index contributed by atoms with van der Waals surface area (Å²) in [6.07, 6.45) is 1.53. The third kappa shape index (κ3) is 4.71. The van der Waals surface area contributed by atoms with E-state index in [4.69, 9.17) is 18.9 Å². The molecule has 2 saturated heterocycles. The van der Waals surface area contributed by atoms with Crippen molar-refractivity contribution in [1.82, 2.24) is 19.1 Å². The quantitative estimate of drug-likeness (QED) is 0.382. The molecule has 2 aliphatic heterocycles. The van der Waals surface area contributed by atoms with Crippen LogP contribution in [0, 0.1) is 6.92 Å². The first kappa shape index (κ1) is 24.0. The molecule has 2 fully saturated rings. The number of fused-ring (bicyclic) bond motifs is 2. The highest BCUT2D eigenvalue weighted by Gasteiger charge is 2.56. The fourth-order valence-corrected chi connectivity index (χ4v) is 5.02. The average molecular weight is 503 g/mol. The highest BCUT2D eigenvalue weighted by atomic mass is 16.8. The molecule has 0 spiro atoms. The predicted molar refractivity (Wildman–Crippen MR) is 136 cm³/mol. The summed E-state index contributed by atoms with van der Waals surface area (Å²) in [6, 6.07) is 18.0. The maximum Gasteiger partial charge on any atom is 0.281 e. The van der Waals surface area contributed by atoms with Gasteiger partial charge in [0.1, 0.15) is 24.6 Å². The number of imidazole rings is 1. The zero-order valence-electron chi connectivity index (χ0n) is 21.1. The van der Waals surface area contributed by atoms with Crippen LogP contribution in [0.15, 0.2) is 72.0 Å². The Morgan fingerprint density at radius 1 is 0.946 bits per heavy atom. The second-order valence-corrected chi connectivity index (χ2v) is 10.1. The van der Waals surface area contributed by atoms with Crippen molar-refractivity contribution in [3.8, 4) is 0 Å². The van der Waals surface area contributed by atoms with Crippen LogP contribution >= 0.6 is 0 Å². The molecule has 6 rings (SSSR count). The van der Waals surface area contributed by atoms with E-state index in [9.17, 15) is 4.79 Å². The number of aromatic nitrogens is 4. The summed E-state index contributed by atoms with van der Waals surface area (Å²) < 4.78 is 28.2. The van der Waals surface area contributed by atoms with Gasteiger partial charge in [-0.15, -0.1) is 0 Å². The second kappa shape index (κ2) is 9.50. The molecule has 4 atom stereocenters. The highest BCUT2D eigenvalue weighted by molar-refractivity contribution is 5.69. The molecule has 0 N–H and O–H groups in total. The molecule has 2 aromatic carbocycles. The largest absolute Gasteiger partial charge is 0.374 e. The Kier molecular flexibility index (Phi) is 6.16. The third-order valence-electron chi connectivity index (χ3n) is 6.82. The molecule has 9 heteroatoms. The molecule has 0 amide bonds. The van der Waals surface area contributed by atoms with Crippen LogP contribution in [0.2, 0.25) is 0 Å². The van der Waals surface area contributed by atoms with Gasteiger partial charge in [-0.25, -0.2) is 9.97 Å². The molecule has 0 aliphatic carbocycles. The summed E-state index contributed by atoms with van der Waals surface area (Å²) in [5.74, 6) is -0.765. The van der Waals surface area contributed by atoms with Gasteiger partial charge in [-0.05, 0) is 31.9 Å². The first-order valence-electron chi connectivity index (χ1n) is 12.5.